The average Bonchev–Trinajstić information content (AvgIpc) is 2.98. The van der Waals surface area contributed by atoms with Crippen molar-refractivity contribution in [3.05, 3.63) is 89.2 Å². The van der Waals surface area contributed by atoms with E-state index in [0.717, 1.165) is 10.5 Å². The standard InChI is InChI=1S/C20H14N4O3/c25-18(21-10-13-4-2-1-3-5-13)14-6-8-15(9-7-14)24-19(26)16-11-22-23-12-17(16)20(24)27/h1-9,11-12H,10H2,(H,21,25). The molecule has 0 aliphatic carbocycles. The molecule has 7 heteroatoms. The van der Waals surface area contributed by atoms with Gasteiger partial charge in [-0.3, -0.25) is 14.4 Å². The average molecular weight is 358 g/mol. The molecular formula is C20H14N4O3. The summed E-state index contributed by atoms with van der Waals surface area (Å²) < 4.78 is 0. The molecule has 0 saturated heterocycles. The van der Waals surface area contributed by atoms with Crippen LogP contribution in [0.1, 0.15) is 36.6 Å². The molecule has 132 valence electrons. The van der Waals surface area contributed by atoms with Crippen LogP contribution in [0.4, 0.5) is 5.69 Å². The minimum Gasteiger partial charge on any atom is -0.348 e. The molecule has 0 fully saturated rings. The molecule has 4 rings (SSSR count). The number of imide groups is 1. The molecule has 0 radical (unpaired) electrons. The third kappa shape index (κ3) is 3.06. The molecule has 27 heavy (non-hydrogen) atoms. The van der Waals surface area contributed by atoms with Gasteiger partial charge in [0.1, 0.15) is 0 Å². The van der Waals surface area contributed by atoms with E-state index in [2.05, 4.69) is 15.5 Å². The fourth-order valence-corrected chi connectivity index (χ4v) is 2.87. The molecule has 0 spiro atoms. The minimum absolute atomic E-state index is 0.222. The fraction of sp³-hybridized carbons (Fsp3) is 0.0500. The minimum atomic E-state index is -0.453. The Labute approximate surface area is 154 Å². The van der Waals surface area contributed by atoms with Gasteiger partial charge >= 0.3 is 0 Å². The number of fused-ring (bicyclic) bond motifs is 1. The van der Waals surface area contributed by atoms with Crippen LogP contribution in [-0.2, 0) is 6.54 Å². The van der Waals surface area contributed by atoms with E-state index in [1.165, 1.54) is 12.4 Å². The van der Waals surface area contributed by atoms with Crippen LogP contribution in [0.5, 0.6) is 0 Å². The van der Waals surface area contributed by atoms with Crippen molar-refractivity contribution >= 4 is 23.4 Å². The van der Waals surface area contributed by atoms with Gasteiger partial charge in [0.2, 0.25) is 0 Å². The number of carbonyl (C=O) groups excluding carboxylic acids is 3. The number of anilines is 1. The zero-order valence-corrected chi connectivity index (χ0v) is 14.1. The van der Waals surface area contributed by atoms with Gasteiger partial charge in [0.25, 0.3) is 17.7 Å². The third-order valence-corrected chi connectivity index (χ3v) is 4.28. The molecule has 2 heterocycles. The van der Waals surface area contributed by atoms with Gasteiger partial charge in [-0.15, -0.1) is 0 Å². The topological polar surface area (TPSA) is 92.3 Å². The van der Waals surface area contributed by atoms with E-state index in [4.69, 9.17) is 0 Å². The normalized spacial score (nSPS) is 12.8. The van der Waals surface area contributed by atoms with Gasteiger partial charge < -0.3 is 5.32 Å². The van der Waals surface area contributed by atoms with Crippen molar-refractivity contribution in [1.29, 1.82) is 0 Å². The van der Waals surface area contributed by atoms with E-state index in [-0.39, 0.29) is 17.0 Å². The summed E-state index contributed by atoms with van der Waals surface area (Å²) >= 11 is 0. The Morgan fingerprint density at radius 3 is 2.04 bits per heavy atom. The number of aromatic nitrogens is 2. The summed E-state index contributed by atoms with van der Waals surface area (Å²) in [6, 6.07) is 15.9. The Balaban J connectivity index is 1.49. The maximum Gasteiger partial charge on any atom is 0.267 e. The summed E-state index contributed by atoms with van der Waals surface area (Å²) in [6.45, 7) is 0.416. The number of benzene rings is 2. The monoisotopic (exact) mass is 358 g/mol. The summed E-state index contributed by atoms with van der Waals surface area (Å²) in [4.78, 5) is 38.2. The highest BCUT2D eigenvalue weighted by molar-refractivity contribution is 6.34. The molecule has 0 unspecified atom stereocenters. The van der Waals surface area contributed by atoms with E-state index >= 15 is 0 Å². The number of hydrogen-bond donors (Lipinski definition) is 1. The Hall–Kier alpha value is -3.87. The maximum absolute atomic E-state index is 12.4. The summed E-state index contributed by atoms with van der Waals surface area (Å²) in [5.41, 5.74) is 2.27. The van der Waals surface area contributed by atoms with Crippen molar-refractivity contribution in [2.24, 2.45) is 0 Å². The number of amides is 3. The summed E-state index contributed by atoms with van der Waals surface area (Å²) in [5.74, 6) is -1.14. The number of nitrogens with zero attached hydrogens (tertiary/aromatic N) is 3. The van der Waals surface area contributed by atoms with E-state index in [0.29, 0.717) is 17.8 Å². The van der Waals surface area contributed by atoms with Crippen LogP contribution in [0.2, 0.25) is 0 Å². The largest absolute Gasteiger partial charge is 0.348 e. The lowest BCUT2D eigenvalue weighted by molar-refractivity contribution is 0.0923. The van der Waals surface area contributed by atoms with E-state index in [1.54, 1.807) is 24.3 Å². The van der Waals surface area contributed by atoms with Crippen LogP contribution < -0.4 is 10.2 Å². The molecule has 1 aliphatic rings. The zero-order chi connectivity index (χ0) is 18.8. The van der Waals surface area contributed by atoms with E-state index < -0.39 is 11.8 Å². The molecule has 0 saturated carbocycles. The first-order chi connectivity index (χ1) is 13.1. The molecular weight excluding hydrogens is 344 g/mol. The van der Waals surface area contributed by atoms with Crippen LogP contribution in [0.25, 0.3) is 0 Å². The van der Waals surface area contributed by atoms with Crippen LogP contribution >= 0.6 is 0 Å². The van der Waals surface area contributed by atoms with Crippen molar-refractivity contribution in [2.45, 2.75) is 6.54 Å². The molecule has 1 aromatic heterocycles. The highest BCUT2D eigenvalue weighted by atomic mass is 16.2. The number of rotatable bonds is 4. The van der Waals surface area contributed by atoms with Gasteiger partial charge in [-0.2, -0.15) is 10.2 Å². The third-order valence-electron chi connectivity index (χ3n) is 4.28. The smallest absolute Gasteiger partial charge is 0.267 e. The van der Waals surface area contributed by atoms with Gasteiger partial charge in [-0.05, 0) is 29.8 Å². The molecule has 3 aromatic rings. The first kappa shape index (κ1) is 16.6. The van der Waals surface area contributed by atoms with Crippen molar-refractivity contribution in [1.82, 2.24) is 15.5 Å². The second-order valence-electron chi connectivity index (χ2n) is 5.98. The Kier molecular flexibility index (Phi) is 4.18. The number of nitrogens with one attached hydrogen (secondary N) is 1. The number of hydrogen-bond acceptors (Lipinski definition) is 5. The highest BCUT2D eigenvalue weighted by Crippen LogP contribution is 2.27. The molecule has 1 aliphatic heterocycles. The summed E-state index contributed by atoms with van der Waals surface area (Å²) in [7, 11) is 0. The summed E-state index contributed by atoms with van der Waals surface area (Å²) in [6.07, 6.45) is 2.56. The van der Waals surface area contributed by atoms with Crippen molar-refractivity contribution in [3.8, 4) is 0 Å². The van der Waals surface area contributed by atoms with Crippen LogP contribution in [0.3, 0.4) is 0 Å². The maximum atomic E-state index is 12.4. The van der Waals surface area contributed by atoms with Gasteiger partial charge in [0.05, 0.1) is 29.2 Å². The Morgan fingerprint density at radius 1 is 0.852 bits per heavy atom. The Morgan fingerprint density at radius 2 is 1.44 bits per heavy atom. The Bertz CT molecular complexity index is 998. The second kappa shape index (κ2) is 6.80. The van der Waals surface area contributed by atoms with Crippen LogP contribution in [0, 0.1) is 0 Å². The van der Waals surface area contributed by atoms with Crippen molar-refractivity contribution in [3.63, 3.8) is 0 Å². The fourth-order valence-electron chi connectivity index (χ4n) is 2.87. The molecule has 7 nitrogen and oxygen atoms in total. The molecule has 1 N–H and O–H groups in total. The van der Waals surface area contributed by atoms with Crippen molar-refractivity contribution < 1.29 is 14.4 Å². The van der Waals surface area contributed by atoms with E-state index in [1.807, 2.05) is 30.3 Å². The molecule has 0 atom stereocenters. The van der Waals surface area contributed by atoms with E-state index in [9.17, 15) is 14.4 Å². The molecule has 2 aromatic carbocycles. The predicted octanol–water partition coefficient (Wildman–Crippen LogP) is 2.21. The first-order valence-corrected chi connectivity index (χ1v) is 8.27. The second-order valence-corrected chi connectivity index (χ2v) is 5.98. The summed E-state index contributed by atoms with van der Waals surface area (Å²) in [5, 5.41) is 10.1. The van der Waals surface area contributed by atoms with Crippen LogP contribution in [0.15, 0.2) is 67.0 Å². The highest BCUT2D eigenvalue weighted by Gasteiger charge is 2.37. The lowest BCUT2D eigenvalue weighted by atomic mass is 10.1. The lowest BCUT2D eigenvalue weighted by Gasteiger charge is -2.14. The molecule has 3 amide bonds. The SMILES string of the molecule is O=C(NCc1ccccc1)c1ccc(N2C(=O)c3cnncc3C2=O)cc1. The van der Waals surface area contributed by atoms with Crippen LogP contribution in [-0.4, -0.2) is 27.9 Å². The van der Waals surface area contributed by atoms with Gasteiger partial charge in [-0.1, -0.05) is 30.3 Å². The lowest BCUT2D eigenvalue weighted by Crippen LogP contribution is -2.29. The predicted molar refractivity (Wildman–Crippen MR) is 97.2 cm³/mol. The van der Waals surface area contributed by atoms with Gasteiger partial charge in [0.15, 0.2) is 0 Å². The van der Waals surface area contributed by atoms with Gasteiger partial charge in [-0.25, -0.2) is 4.90 Å². The first-order valence-electron chi connectivity index (χ1n) is 8.27. The molecule has 0 bridgehead atoms. The zero-order valence-electron chi connectivity index (χ0n) is 14.1. The quantitative estimate of drug-likeness (QED) is 0.722. The van der Waals surface area contributed by atoms with Crippen molar-refractivity contribution in [2.75, 3.05) is 4.90 Å². The van der Waals surface area contributed by atoms with Gasteiger partial charge in [0, 0.05) is 12.1 Å². The number of carbonyl (C=O) groups is 3.